The summed E-state index contributed by atoms with van der Waals surface area (Å²) in [6.45, 7) is 7.49. The minimum Gasteiger partial charge on any atom is -0.361 e. The van der Waals surface area contributed by atoms with E-state index in [1.807, 2.05) is 0 Å². The summed E-state index contributed by atoms with van der Waals surface area (Å²) in [7, 11) is -4.91. The van der Waals surface area contributed by atoms with Crippen molar-refractivity contribution < 1.29 is 13.2 Å². The van der Waals surface area contributed by atoms with Crippen molar-refractivity contribution >= 4 is 29.5 Å². The lowest BCUT2D eigenvalue weighted by molar-refractivity contribution is 0.0809. The predicted molar refractivity (Wildman–Crippen MR) is 93.2 cm³/mol. The van der Waals surface area contributed by atoms with Crippen molar-refractivity contribution in [3.8, 4) is 0 Å². The van der Waals surface area contributed by atoms with E-state index in [0.717, 1.165) is 6.04 Å². The summed E-state index contributed by atoms with van der Waals surface area (Å²) < 4.78 is 32.4. The van der Waals surface area contributed by atoms with Crippen LogP contribution in [0.5, 0.6) is 0 Å². The Morgan fingerprint density at radius 2 is 1.87 bits per heavy atom. The Labute approximate surface area is 143 Å². The molecule has 0 saturated heterocycles. The third-order valence-corrected chi connectivity index (χ3v) is 6.82. The van der Waals surface area contributed by atoms with Gasteiger partial charge in [-0.3, -0.25) is 4.57 Å². The van der Waals surface area contributed by atoms with Crippen LogP contribution in [-0.2, 0) is 21.3 Å². The normalized spacial score (nSPS) is 12.5. The van der Waals surface area contributed by atoms with Crippen LogP contribution >= 0.6 is 11.6 Å². The van der Waals surface area contributed by atoms with Crippen LogP contribution in [0.3, 0.4) is 0 Å². The first-order valence-electron chi connectivity index (χ1n) is 7.31. The van der Waals surface area contributed by atoms with Gasteiger partial charge in [0.25, 0.3) is 0 Å². The topological polar surface area (TPSA) is 61.2 Å². The number of rotatable bonds is 7. The van der Waals surface area contributed by atoms with Crippen LogP contribution in [0.4, 0.5) is 0 Å². The van der Waals surface area contributed by atoms with Crippen molar-refractivity contribution in [1.29, 1.82) is 0 Å². The van der Waals surface area contributed by atoms with Crippen LogP contribution in [-0.4, -0.2) is 32.6 Å². The van der Waals surface area contributed by atoms with Crippen LogP contribution < -0.4 is 0 Å². The van der Waals surface area contributed by atoms with Crippen LogP contribution in [0.25, 0.3) is 0 Å². The molecule has 0 aliphatic carbocycles. The summed E-state index contributed by atoms with van der Waals surface area (Å²) in [5.41, 5.74) is 0. The Kier molecular flexibility index (Phi) is 5.67. The fourth-order valence-electron chi connectivity index (χ4n) is 1.92. The molecule has 0 spiro atoms. The van der Waals surface area contributed by atoms with Crippen LogP contribution in [0.2, 0.25) is 30.8 Å². The molecular weight excluding hydrogens is 352 g/mol. The molecule has 0 fully saturated rings. The van der Waals surface area contributed by atoms with Gasteiger partial charge in [-0.1, -0.05) is 49.4 Å². The highest BCUT2D eigenvalue weighted by Crippen LogP contribution is 2.22. The molecule has 0 saturated carbocycles. The summed E-state index contributed by atoms with van der Waals surface area (Å²) in [5.74, 6) is 0. The van der Waals surface area contributed by atoms with E-state index in [4.69, 9.17) is 16.3 Å². The Hall–Kier alpha value is -1.15. The molecule has 23 heavy (non-hydrogen) atoms. The summed E-state index contributed by atoms with van der Waals surface area (Å²) in [4.78, 5) is 4.14. The maximum atomic E-state index is 12.7. The standard InChI is InChI=1S/C15H21ClN2O3SSi/c1-23(2,3)10-9-21-12-18-11-14(16)17-15(18)22(19,20)13-7-5-4-6-8-13/h4-8,11H,9-10,12H2,1-3H3. The van der Waals surface area contributed by atoms with Crippen LogP contribution in [0, 0.1) is 0 Å². The number of benzene rings is 1. The molecule has 1 aromatic heterocycles. The third kappa shape index (κ3) is 4.91. The second-order valence-corrected chi connectivity index (χ2v) is 14.3. The molecule has 2 rings (SSSR count). The maximum Gasteiger partial charge on any atom is 0.240 e. The van der Waals surface area contributed by atoms with Gasteiger partial charge >= 0.3 is 0 Å². The number of nitrogens with zero attached hydrogens (tertiary/aromatic N) is 2. The van der Waals surface area contributed by atoms with E-state index in [1.54, 1.807) is 18.2 Å². The number of aromatic nitrogens is 2. The molecule has 2 aromatic rings. The van der Waals surface area contributed by atoms with Crippen molar-refractivity contribution in [3.63, 3.8) is 0 Å². The molecule has 1 heterocycles. The lowest BCUT2D eigenvalue weighted by Crippen LogP contribution is -2.22. The van der Waals surface area contributed by atoms with Gasteiger partial charge in [-0.05, 0) is 18.2 Å². The van der Waals surface area contributed by atoms with Gasteiger partial charge in [0.2, 0.25) is 15.0 Å². The molecule has 0 amide bonds. The van der Waals surface area contributed by atoms with Gasteiger partial charge in [-0.15, -0.1) is 0 Å². The largest absolute Gasteiger partial charge is 0.361 e. The highest BCUT2D eigenvalue weighted by molar-refractivity contribution is 7.91. The van der Waals surface area contributed by atoms with E-state index in [1.165, 1.54) is 22.9 Å². The van der Waals surface area contributed by atoms with E-state index < -0.39 is 17.9 Å². The molecule has 0 radical (unpaired) electrons. The van der Waals surface area contributed by atoms with Gasteiger partial charge in [0, 0.05) is 20.9 Å². The number of halogens is 1. The number of imidazole rings is 1. The summed E-state index contributed by atoms with van der Waals surface area (Å²) in [5, 5.41) is 0.0370. The van der Waals surface area contributed by atoms with Gasteiger partial charge < -0.3 is 4.74 Å². The highest BCUT2D eigenvalue weighted by Gasteiger charge is 2.24. The van der Waals surface area contributed by atoms with Crippen LogP contribution in [0.1, 0.15) is 0 Å². The van der Waals surface area contributed by atoms with E-state index in [9.17, 15) is 8.42 Å². The first-order chi connectivity index (χ1) is 10.7. The monoisotopic (exact) mass is 372 g/mol. The van der Waals surface area contributed by atoms with Gasteiger partial charge in [0.1, 0.15) is 11.9 Å². The van der Waals surface area contributed by atoms with E-state index in [-0.39, 0.29) is 21.9 Å². The summed E-state index contributed by atoms with van der Waals surface area (Å²) >= 11 is 5.90. The fraction of sp³-hybridized carbons (Fsp3) is 0.400. The van der Waals surface area contributed by atoms with Crippen molar-refractivity contribution in [2.45, 2.75) is 42.5 Å². The quantitative estimate of drug-likeness (QED) is 0.549. The second kappa shape index (κ2) is 7.17. The molecule has 1 aromatic carbocycles. The number of hydrogen-bond acceptors (Lipinski definition) is 4. The molecule has 5 nitrogen and oxygen atoms in total. The Morgan fingerprint density at radius 1 is 1.22 bits per heavy atom. The Morgan fingerprint density at radius 3 is 2.48 bits per heavy atom. The van der Waals surface area contributed by atoms with Crippen molar-refractivity contribution in [2.24, 2.45) is 0 Å². The maximum absolute atomic E-state index is 12.7. The highest BCUT2D eigenvalue weighted by atomic mass is 35.5. The molecular formula is C15H21ClN2O3SSi. The average Bonchev–Trinajstić information content (AvgIpc) is 2.85. The van der Waals surface area contributed by atoms with E-state index in [2.05, 4.69) is 24.6 Å². The van der Waals surface area contributed by atoms with Crippen molar-refractivity contribution in [1.82, 2.24) is 9.55 Å². The Bertz CT molecular complexity index is 755. The minimum atomic E-state index is -3.72. The lowest BCUT2D eigenvalue weighted by atomic mass is 10.4. The molecule has 0 bridgehead atoms. The number of sulfone groups is 1. The first-order valence-corrected chi connectivity index (χ1v) is 12.9. The van der Waals surface area contributed by atoms with Gasteiger partial charge in [-0.2, -0.15) is 0 Å². The molecule has 126 valence electrons. The second-order valence-electron chi connectivity index (χ2n) is 6.48. The zero-order valence-electron chi connectivity index (χ0n) is 13.5. The smallest absolute Gasteiger partial charge is 0.240 e. The molecule has 0 atom stereocenters. The Balaban J connectivity index is 2.18. The van der Waals surface area contributed by atoms with E-state index >= 15 is 0 Å². The van der Waals surface area contributed by atoms with E-state index in [0.29, 0.717) is 6.61 Å². The SMILES string of the molecule is C[Si](C)(C)CCOCn1cc(Cl)nc1S(=O)(=O)c1ccccc1. The van der Waals surface area contributed by atoms with Crippen molar-refractivity contribution in [2.75, 3.05) is 6.61 Å². The number of ether oxygens (including phenoxy) is 1. The predicted octanol–water partition coefficient (Wildman–Crippen LogP) is 3.68. The van der Waals surface area contributed by atoms with Gasteiger partial charge in [-0.25, -0.2) is 13.4 Å². The van der Waals surface area contributed by atoms with Gasteiger partial charge in [0.05, 0.1) is 4.90 Å². The average molecular weight is 373 g/mol. The summed E-state index contributed by atoms with van der Waals surface area (Å²) in [6.07, 6.45) is 1.48. The third-order valence-electron chi connectivity index (χ3n) is 3.23. The zero-order chi connectivity index (χ0) is 17.1. The first kappa shape index (κ1) is 18.2. The fourth-order valence-corrected chi connectivity index (χ4v) is 4.29. The molecule has 0 aliphatic rings. The summed E-state index contributed by atoms with van der Waals surface area (Å²) in [6, 6.07) is 9.19. The number of hydrogen-bond donors (Lipinski definition) is 0. The zero-order valence-corrected chi connectivity index (χ0v) is 16.1. The van der Waals surface area contributed by atoms with Crippen LogP contribution in [0.15, 0.2) is 46.6 Å². The molecule has 0 N–H and O–H groups in total. The molecule has 0 aliphatic heterocycles. The molecule has 0 unspecified atom stereocenters. The lowest BCUT2D eigenvalue weighted by Gasteiger charge is -2.16. The molecule has 8 heteroatoms. The van der Waals surface area contributed by atoms with Gasteiger partial charge in [0.15, 0.2) is 0 Å². The van der Waals surface area contributed by atoms with Crippen molar-refractivity contribution in [3.05, 3.63) is 41.7 Å². The minimum absolute atomic E-state index is 0.0956.